The molecule has 1 aromatic heterocycles. The van der Waals surface area contributed by atoms with Crippen LogP contribution >= 0.6 is 0 Å². The van der Waals surface area contributed by atoms with Gasteiger partial charge in [0.25, 0.3) is 0 Å². The minimum atomic E-state index is 0.455. The predicted molar refractivity (Wildman–Crippen MR) is 67.3 cm³/mol. The van der Waals surface area contributed by atoms with E-state index in [1.165, 1.54) is 0 Å². The van der Waals surface area contributed by atoms with Crippen molar-refractivity contribution in [1.82, 2.24) is 15.3 Å². The number of aryl methyl sites for hydroxylation is 1. The van der Waals surface area contributed by atoms with Gasteiger partial charge in [0.2, 0.25) is 5.95 Å². The molecular weight excluding hydrogens is 216 g/mol. The lowest BCUT2D eigenvalue weighted by Crippen LogP contribution is -2.43. The van der Waals surface area contributed by atoms with Crippen LogP contribution in [0.1, 0.15) is 12.0 Å². The zero-order chi connectivity index (χ0) is 12.1. The van der Waals surface area contributed by atoms with Crippen LogP contribution in [0, 0.1) is 6.92 Å². The topological polar surface area (TPSA) is 50.3 Å². The zero-order valence-corrected chi connectivity index (χ0v) is 10.5. The third-order valence-corrected chi connectivity index (χ3v) is 2.92. The molecule has 1 aliphatic rings. The summed E-state index contributed by atoms with van der Waals surface area (Å²) in [5.74, 6) is 0.785. The van der Waals surface area contributed by atoms with Crippen molar-refractivity contribution >= 4 is 5.95 Å². The minimum Gasteiger partial charge on any atom is -0.379 e. The molecule has 0 aliphatic carbocycles. The molecule has 1 aromatic rings. The Morgan fingerprint density at radius 1 is 1.47 bits per heavy atom. The maximum Gasteiger partial charge on any atom is 0.224 e. The van der Waals surface area contributed by atoms with Crippen molar-refractivity contribution in [2.24, 2.45) is 0 Å². The van der Waals surface area contributed by atoms with Crippen LogP contribution in [0.15, 0.2) is 12.4 Å². The second kappa shape index (κ2) is 5.93. The van der Waals surface area contributed by atoms with Gasteiger partial charge in [0.05, 0.1) is 13.2 Å². The maximum atomic E-state index is 5.42. The number of aromatic nitrogens is 2. The van der Waals surface area contributed by atoms with Crippen molar-refractivity contribution in [1.29, 1.82) is 0 Å². The monoisotopic (exact) mass is 236 g/mol. The molecule has 1 atom stereocenters. The molecule has 94 valence electrons. The second-order valence-electron chi connectivity index (χ2n) is 4.50. The van der Waals surface area contributed by atoms with Crippen molar-refractivity contribution in [3.8, 4) is 0 Å². The molecule has 1 aliphatic heterocycles. The van der Waals surface area contributed by atoms with E-state index in [1.54, 1.807) is 0 Å². The number of morpholine rings is 1. The van der Waals surface area contributed by atoms with Crippen molar-refractivity contribution in [3.63, 3.8) is 0 Å². The smallest absolute Gasteiger partial charge is 0.224 e. The van der Waals surface area contributed by atoms with Gasteiger partial charge in [-0.1, -0.05) is 0 Å². The molecule has 0 amide bonds. The fourth-order valence-electron chi connectivity index (χ4n) is 1.84. The fraction of sp³-hybridized carbons (Fsp3) is 0.667. The minimum absolute atomic E-state index is 0.455. The lowest BCUT2D eigenvalue weighted by atomic mass is 10.2. The fourth-order valence-corrected chi connectivity index (χ4v) is 1.84. The van der Waals surface area contributed by atoms with Gasteiger partial charge in [0.15, 0.2) is 0 Å². The first-order valence-corrected chi connectivity index (χ1v) is 6.06. The normalized spacial score (nSPS) is 20.2. The Bertz CT molecular complexity index is 335. The molecule has 0 saturated carbocycles. The van der Waals surface area contributed by atoms with Crippen LogP contribution in [0.5, 0.6) is 0 Å². The van der Waals surface area contributed by atoms with E-state index >= 15 is 0 Å². The molecule has 2 rings (SSSR count). The van der Waals surface area contributed by atoms with E-state index in [4.69, 9.17) is 4.74 Å². The Kier molecular flexibility index (Phi) is 4.28. The zero-order valence-electron chi connectivity index (χ0n) is 10.5. The lowest BCUT2D eigenvalue weighted by Gasteiger charge is -2.26. The molecule has 5 heteroatoms. The van der Waals surface area contributed by atoms with E-state index in [0.29, 0.717) is 6.04 Å². The first-order valence-electron chi connectivity index (χ1n) is 6.06. The molecule has 1 N–H and O–H groups in total. The molecule has 1 fully saturated rings. The Hall–Kier alpha value is -1.20. The molecule has 0 bridgehead atoms. The third kappa shape index (κ3) is 3.64. The van der Waals surface area contributed by atoms with E-state index in [1.807, 2.05) is 26.4 Å². The number of rotatable bonds is 4. The second-order valence-corrected chi connectivity index (χ2v) is 4.50. The summed E-state index contributed by atoms with van der Waals surface area (Å²) in [6.07, 6.45) is 4.75. The highest BCUT2D eigenvalue weighted by Crippen LogP contribution is 2.07. The summed E-state index contributed by atoms with van der Waals surface area (Å²) in [6, 6.07) is 0.455. The van der Waals surface area contributed by atoms with Gasteiger partial charge < -0.3 is 15.0 Å². The lowest BCUT2D eigenvalue weighted by molar-refractivity contribution is 0.0749. The Labute approximate surface area is 102 Å². The quantitative estimate of drug-likeness (QED) is 0.829. The number of hydrogen-bond donors (Lipinski definition) is 1. The molecule has 0 aromatic carbocycles. The van der Waals surface area contributed by atoms with E-state index in [0.717, 1.165) is 44.2 Å². The van der Waals surface area contributed by atoms with Crippen molar-refractivity contribution in [2.75, 3.05) is 38.3 Å². The van der Waals surface area contributed by atoms with Gasteiger partial charge in [-0.05, 0) is 18.9 Å². The average molecular weight is 236 g/mol. The number of hydrogen-bond acceptors (Lipinski definition) is 5. The van der Waals surface area contributed by atoms with E-state index in [9.17, 15) is 0 Å². The average Bonchev–Trinajstić information content (AvgIpc) is 2.38. The molecule has 2 heterocycles. The summed E-state index contributed by atoms with van der Waals surface area (Å²) in [7, 11) is 2.02. The van der Waals surface area contributed by atoms with Crippen LogP contribution < -0.4 is 10.2 Å². The highest BCUT2D eigenvalue weighted by molar-refractivity contribution is 5.27. The Morgan fingerprint density at radius 2 is 2.24 bits per heavy atom. The Balaban J connectivity index is 1.80. The van der Waals surface area contributed by atoms with Crippen molar-refractivity contribution in [3.05, 3.63) is 18.0 Å². The number of ether oxygens (including phenoxy) is 1. The third-order valence-electron chi connectivity index (χ3n) is 2.92. The summed E-state index contributed by atoms with van der Waals surface area (Å²) in [6.45, 7) is 5.52. The van der Waals surface area contributed by atoms with Crippen LogP contribution in [-0.4, -0.2) is 49.4 Å². The van der Waals surface area contributed by atoms with Gasteiger partial charge in [-0.2, -0.15) is 0 Å². The molecular formula is C12H20N4O. The van der Waals surface area contributed by atoms with Crippen LogP contribution in [0.3, 0.4) is 0 Å². The number of nitrogens with one attached hydrogen (secondary N) is 1. The highest BCUT2D eigenvalue weighted by Gasteiger charge is 2.14. The van der Waals surface area contributed by atoms with Crippen LogP contribution in [-0.2, 0) is 4.74 Å². The van der Waals surface area contributed by atoms with E-state index in [-0.39, 0.29) is 0 Å². The van der Waals surface area contributed by atoms with Crippen LogP contribution in [0.4, 0.5) is 5.95 Å². The SMILES string of the molecule is Cc1cnc(N(C)CCC2COCCN2)nc1. The van der Waals surface area contributed by atoms with Gasteiger partial charge in [-0.3, -0.25) is 0 Å². The maximum absolute atomic E-state index is 5.42. The summed E-state index contributed by atoms with van der Waals surface area (Å²) < 4.78 is 5.42. The number of anilines is 1. The molecule has 1 unspecified atom stereocenters. The van der Waals surface area contributed by atoms with Crippen molar-refractivity contribution < 1.29 is 4.74 Å². The first-order chi connectivity index (χ1) is 8.25. The van der Waals surface area contributed by atoms with Gasteiger partial charge >= 0.3 is 0 Å². The standard InChI is InChI=1S/C12H20N4O/c1-10-7-14-12(15-8-10)16(2)5-3-11-9-17-6-4-13-11/h7-8,11,13H,3-6,9H2,1-2H3. The molecule has 0 radical (unpaired) electrons. The van der Waals surface area contributed by atoms with Gasteiger partial charge in [-0.15, -0.1) is 0 Å². The van der Waals surface area contributed by atoms with Crippen LogP contribution in [0.2, 0.25) is 0 Å². The number of nitrogens with zero attached hydrogens (tertiary/aromatic N) is 3. The summed E-state index contributed by atoms with van der Waals surface area (Å²) in [5, 5.41) is 3.44. The molecule has 5 nitrogen and oxygen atoms in total. The Morgan fingerprint density at radius 3 is 2.88 bits per heavy atom. The summed E-state index contributed by atoms with van der Waals surface area (Å²) >= 11 is 0. The molecule has 17 heavy (non-hydrogen) atoms. The highest BCUT2D eigenvalue weighted by atomic mass is 16.5. The summed E-state index contributed by atoms with van der Waals surface area (Å²) in [5.41, 5.74) is 1.09. The molecule has 1 saturated heterocycles. The predicted octanol–water partition coefficient (Wildman–Crippen LogP) is 0.600. The largest absolute Gasteiger partial charge is 0.379 e. The van der Waals surface area contributed by atoms with Crippen molar-refractivity contribution in [2.45, 2.75) is 19.4 Å². The van der Waals surface area contributed by atoms with E-state index < -0.39 is 0 Å². The van der Waals surface area contributed by atoms with Crippen LogP contribution in [0.25, 0.3) is 0 Å². The summed E-state index contributed by atoms with van der Waals surface area (Å²) in [4.78, 5) is 10.7. The first kappa shape index (κ1) is 12.3. The van der Waals surface area contributed by atoms with Gasteiger partial charge in [0, 0.05) is 38.6 Å². The van der Waals surface area contributed by atoms with Gasteiger partial charge in [0.1, 0.15) is 0 Å². The van der Waals surface area contributed by atoms with Gasteiger partial charge in [-0.25, -0.2) is 9.97 Å². The molecule has 0 spiro atoms. The van der Waals surface area contributed by atoms with E-state index in [2.05, 4.69) is 20.2 Å².